The van der Waals surface area contributed by atoms with Crippen LogP contribution in [0.1, 0.15) is 32.8 Å². The van der Waals surface area contributed by atoms with Crippen LogP contribution < -0.4 is 9.96 Å². The molecule has 0 atom stereocenters. The fourth-order valence-electron chi connectivity index (χ4n) is 2.44. The second-order valence-corrected chi connectivity index (χ2v) is 5.94. The summed E-state index contributed by atoms with van der Waals surface area (Å²) in [7, 11) is 2.06. The topological polar surface area (TPSA) is 32.8 Å². The van der Waals surface area contributed by atoms with Crippen LogP contribution in [0.3, 0.4) is 0 Å². The summed E-state index contributed by atoms with van der Waals surface area (Å²) in [6.07, 6.45) is 2.94. The van der Waals surface area contributed by atoms with E-state index in [2.05, 4.69) is 18.0 Å². The lowest BCUT2D eigenvalue weighted by atomic mass is 10.0. The van der Waals surface area contributed by atoms with Gasteiger partial charge in [0, 0.05) is 13.6 Å². The van der Waals surface area contributed by atoms with Gasteiger partial charge in [0.15, 0.2) is 0 Å². The number of nitrogens with zero attached hydrogens (tertiary/aromatic N) is 2. The summed E-state index contributed by atoms with van der Waals surface area (Å²) in [4.78, 5) is 19.3. The highest BCUT2D eigenvalue weighted by Gasteiger charge is 2.24. The number of para-hydroxylation sites is 1. The Balaban J connectivity index is 2.41. The molecular weight excluding hydrogens is 240 g/mol. The molecule has 4 heteroatoms. The molecule has 1 heterocycles. The van der Waals surface area contributed by atoms with Crippen LogP contribution in [0.25, 0.3) is 0 Å². The normalized spacial score (nSPS) is 15.1. The lowest BCUT2D eigenvalue weighted by molar-refractivity contribution is -0.120. The average molecular weight is 262 g/mol. The van der Waals surface area contributed by atoms with Crippen molar-refractivity contribution in [3.63, 3.8) is 0 Å². The fourth-order valence-corrected chi connectivity index (χ4v) is 2.44. The molecule has 0 aromatic heterocycles. The Labute approximate surface area is 114 Å². The SMILES string of the molecule is CN1CCCc2cccc(N(C=O)OC(C)(C)C)c21. The first-order valence-electron chi connectivity index (χ1n) is 6.69. The molecule has 0 fully saturated rings. The average Bonchev–Trinajstić information content (AvgIpc) is 2.34. The summed E-state index contributed by atoms with van der Waals surface area (Å²) in [6, 6.07) is 6.03. The molecule has 1 aliphatic rings. The van der Waals surface area contributed by atoms with Gasteiger partial charge >= 0.3 is 0 Å². The van der Waals surface area contributed by atoms with Crippen molar-refractivity contribution in [2.45, 2.75) is 39.2 Å². The van der Waals surface area contributed by atoms with Gasteiger partial charge in [-0.3, -0.25) is 9.63 Å². The molecule has 4 nitrogen and oxygen atoms in total. The summed E-state index contributed by atoms with van der Waals surface area (Å²) in [5, 5.41) is 1.35. The van der Waals surface area contributed by atoms with Gasteiger partial charge in [-0.15, -0.1) is 0 Å². The Morgan fingerprint density at radius 1 is 1.37 bits per heavy atom. The molecule has 0 unspecified atom stereocenters. The maximum absolute atomic E-state index is 11.4. The van der Waals surface area contributed by atoms with Crippen LogP contribution >= 0.6 is 0 Å². The Morgan fingerprint density at radius 3 is 2.74 bits per heavy atom. The monoisotopic (exact) mass is 262 g/mol. The quantitative estimate of drug-likeness (QED) is 0.620. The van der Waals surface area contributed by atoms with Gasteiger partial charge in [-0.05, 0) is 45.2 Å². The van der Waals surface area contributed by atoms with Gasteiger partial charge in [0.2, 0.25) is 6.41 Å². The van der Waals surface area contributed by atoms with E-state index in [4.69, 9.17) is 4.84 Å². The predicted octanol–water partition coefficient (Wildman–Crippen LogP) is 2.76. The summed E-state index contributed by atoms with van der Waals surface area (Å²) < 4.78 is 0. The van der Waals surface area contributed by atoms with Crippen LogP contribution in [0.15, 0.2) is 18.2 Å². The van der Waals surface area contributed by atoms with Gasteiger partial charge in [0.05, 0.1) is 17.0 Å². The van der Waals surface area contributed by atoms with Crippen LogP contribution in [0.5, 0.6) is 0 Å². The van der Waals surface area contributed by atoms with Crippen molar-refractivity contribution < 1.29 is 9.63 Å². The van der Waals surface area contributed by atoms with E-state index in [0.29, 0.717) is 0 Å². The molecule has 1 aliphatic heterocycles. The molecule has 0 saturated heterocycles. The Hall–Kier alpha value is -1.55. The third-order valence-corrected chi connectivity index (χ3v) is 3.13. The van der Waals surface area contributed by atoms with Gasteiger partial charge in [0.1, 0.15) is 0 Å². The van der Waals surface area contributed by atoms with Gasteiger partial charge in [0.25, 0.3) is 0 Å². The molecule has 0 spiro atoms. The van der Waals surface area contributed by atoms with Crippen molar-refractivity contribution in [2.24, 2.45) is 0 Å². The zero-order chi connectivity index (χ0) is 14.0. The number of fused-ring (bicyclic) bond motifs is 1. The molecule has 1 amide bonds. The highest BCUT2D eigenvalue weighted by atomic mass is 16.7. The van der Waals surface area contributed by atoms with Crippen LogP contribution in [0.4, 0.5) is 11.4 Å². The van der Waals surface area contributed by atoms with E-state index in [1.807, 2.05) is 32.9 Å². The first-order valence-corrected chi connectivity index (χ1v) is 6.69. The van der Waals surface area contributed by atoms with Crippen molar-refractivity contribution in [1.29, 1.82) is 0 Å². The molecule has 104 valence electrons. The van der Waals surface area contributed by atoms with Crippen molar-refractivity contribution in [3.05, 3.63) is 23.8 Å². The highest BCUT2D eigenvalue weighted by molar-refractivity contribution is 5.84. The number of rotatable bonds is 3. The van der Waals surface area contributed by atoms with Crippen molar-refractivity contribution >= 4 is 17.8 Å². The Morgan fingerprint density at radius 2 is 2.11 bits per heavy atom. The third kappa shape index (κ3) is 3.07. The number of aryl methyl sites for hydroxylation is 1. The molecule has 19 heavy (non-hydrogen) atoms. The van der Waals surface area contributed by atoms with Crippen molar-refractivity contribution in [3.8, 4) is 0 Å². The second-order valence-electron chi connectivity index (χ2n) is 5.94. The van der Waals surface area contributed by atoms with Crippen LogP contribution in [0, 0.1) is 0 Å². The third-order valence-electron chi connectivity index (χ3n) is 3.13. The Bertz CT molecular complexity index is 466. The largest absolute Gasteiger partial charge is 0.373 e. The summed E-state index contributed by atoms with van der Waals surface area (Å²) in [5.41, 5.74) is 2.79. The fraction of sp³-hybridized carbons (Fsp3) is 0.533. The molecule has 2 rings (SSSR count). The number of anilines is 2. The predicted molar refractivity (Wildman–Crippen MR) is 77.4 cm³/mol. The van der Waals surface area contributed by atoms with E-state index < -0.39 is 5.60 Å². The molecule has 1 aromatic carbocycles. The first-order chi connectivity index (χ1) is 8.92. The molecule has 0 bridgehead atoms. The van der Waals surface area contributed by atoms with Crippen molar-refractivity contribution in [1.82, 2.24) is 0 Å². The minimum atomic E-state index is -0.406. The van der Waals surface area contributed by atoms with Gasteiger partial charge in [-0.2, -0.15) is 5.06 Å². The summed E-state index contributed by atoms with van der Waals surface area (Å²) in [6.45, 7) is 6.81. The summed E-state index contributed by atoms with van der Waals surface area (Å²) in [5.74, 6) is 0. The lowest BCUT2D eigenvalue weighted by Gasteiger charge is -2.34. The highest BCUT2D eigenvalue weighted by Crippen LogP contribution is 2.36. The zero-order valence-electron chi connectivity index (χ0n) is 12.1. The van der Waals surface area contributed by atoms with E-state index in [0.717, 1.165) is 37.2 Å². The van der Waals surface area contributed by atoms with Crippen LogP contribution in [-0.2, 0) is 16.1 Å². The minimum Gasteiger partial charge on any atom is -0.373 e. The number of amides is 1. The molecule has 0 aliphatic carbocycles. The maximum Gasteiger partial charge on any atom is 0.238 e. The van der Waals surface area contributed by atoms with Crippen molar-refractivity contribution in [2.75, 3.05) is 23.6 Å². The van der Waals surface area contributed by atoms with E-state index in [-0.39, 0.29) is 0 Å². The molecule has 1 aromatic rings. The molecule has 0 radical (unpaired) electrons. The van der Waals surface area contributed by atoms with Gasteiger partial charge < -0.3 is 4.90 Å². The zero-order valence-corrected chi connectivity index (χ0v) is 12.1. The number of hydroxylamine groups is 1. The number of hydrogen-bond acceptors (Lipinski definition) is 3. The number of hydrogen-bond donors (Lipinski definition) is 0. The molecule has 0 saturated carbocycles. The second kappa shape index (κ2) is 5.21. The maximum atomic E-state index is 11.4. The van der Waals surface area contributed by atoms with Gasteiger partial charge in [-0.1, -0.05) is 12.1 Å². The standard InChI is InChI=1S/C15H22N2O2/c1-15(2,3)19-17(11-18)13-9-5-7-12-8-6-10-16(4)14(12)13/h5,7,9,11H,6,8,10H2,1-4H3. The van der Waals surface area contributed by atoms with E-state index in [9.17, 15) is 4.79 Å². The number of carbonyl (C=O) groups is 1. The van der Waals surface area contributed by atoms with E-state index in [1.165, 1.54) is 10.6 Å². The molecular formula is C15H22N2O2. The first kappa shape index (κ1) is 13.9. The van der Waals surface area contributed by atoms with E-state index >= 15 is 0 Å². The molecule has 0 N–H and O–H groups in total. The van der Waals surface area contributed by atoms with E-state index in [1.54, 1.807) is 0 Å². The summed E-state index contributed by atoms with van der Waals surface area (Å²) >= 11 is 0. The Kier molecular flexibility index (Phi) is 3.80. The smallest absolute Gasteiger partial charge is 0.238 e. The minimum absolute atomic E-state index is 0.406. The van der Waals surface area contributed by atoms with Crippen LogP contribution in [0.2, 0.25) is 0 Å². The lowest BCUT2D eigenvalue weighted by Crippen LogP contribution is -2.35. The van der Waals surface area contributed by atoms with Gasteiger partial charge in [-0.25, -0.2) is 0 Å². The number of benzene rings is 1. The number of carbonyl (C=O) groups excluding carboxylic acids is 1. The van der Waals surface area contributed by atoms with Crippen LogP contribution in [-0.4, -0.2) is 25.6 Å².